The summed E-state index contributed by atoms with van der Waals surface area (Å²) in [7, 11) is 0. The molecule has 0 bridgehead atoms. The van der Waals surface area contributed by atoms with Crippen molar-refractivity contribution in [2.75, 3.05) is 0 Å². The number of rotatable bonds is 0. The average Bonchev–Trinajstić information content (AvgIpc) is 2.93. The molecule has 0 aliphatic carbocycles. The Hall–Kier alpha value is -2.60. The van der Waals surface area contributed by atoms with Gasteiger partial charge in [0.1, 0.15) is 0 Å². The maximum atomic E-state index is 2.26. The standard InChI is InChI=1S/C20H12/c1-3-7-15-17-12-10-14-6-2-4-8-16(20(14)17)18-11-9-13(5-1)19(15)18/h1-12H. The Morgan fingerprint density at radius 2 is 0.750 bits per heavy atom. The van der Waals surface area contributed by atoms with Gasteiger partial charge in [0.2, 0.25) is 0 Å². The first-order valence-corrected chi connectivity index (χ1v) is 6.98. The molecule has 5 aromatic carbocycles. The predicted octanol–water partition coefficient (Wildman–Crippen LogP) is 5.74. The van der Waals surface area contributed by atoms with Gasteiger partial charge in [-0.2, -0.15) is 0 Å². The van der Waals surface area contributed by atoms with Gasteiger partial charge in [-0.15, -0.1) is 0 Å². The van der Waals surface area contributed by atoms with Gasteiger partial charge in [0, 0.05) is 0 Å². The van der Waals surface area contributed by atoms with E-state index in [1.54, 1.807) is 0 Å². The highest BCUT2D eigenvalue weighted by Gasteiger charge is 2.12. The molecular weight excluding hydrogens is 240 g/mol. The van der Waals surface area contributed by atoms with Gasteiger partial charge in [-0.25, -0.2) is 0 Å². The first-order chi connectivity index (χ1) is 9.93. The van der Waals surface area contributed by atoms with E-state index in [9.17, 15) is 0 Å². The third-order valence-electron chi connectivity index (χ3n) is 4.39. The molecule has 0 spiro atoms. The summed E-state index contributed by atoms with van der Waals surface area (Å²) in [5.41, 5.74) is 0. The van der Waals surface area contributed by atoms with Gasteiger partial charge in [-0.1, -0.05) is 72.8 Å². The van der Waals surface area contributed by atoms with Gasteiger partial charge in [0.25, 0.3) is 0 Å². The maximum absolute atomic E-state index is 2.26. The lowest BCUT2D eigenvalue weighted by Crippen LogP contribution is -1.73. The molecule has 0 N–H and O–H groups in total. The van der Waals surface area contributed by atoms with Gasteiger partial charge in [0.15, 0.2) is 0 Å². The minimum atomic E-state index is 1.33. The predicted molar refractivity (Wildman–Crippen MR) is 87.7 cm³/mol. The summed E-state index contributed by atoms with van der Waals surface area (Å²) < 4.78 is 0. The lowest BCUT2D eigenvalue weighted by Gasteiger charge is -2.02. The molecule has 5 aromatic rings. The zero-order chi connectivity index (χ0) is 13.1. The van der Waals surface area contributed by atoms with E-state index in [1.165, 1.54) is 43.1 Å². The zero-order valence-corrected chi connectivity index (χ0v) is 10.9. The van der Waals surface area contributed by atoms with Crippen LogP contribution in [0.15, 0.2) is 72.8 Å². The molecule has 0 heteroatoms. The number of hydrogen-bond acceptors (Lipinski definition) is 0. The molecule has 0 aliphatic heterocycles. The molecule has 0 atom stereocenters. The largest absolute Gasteiger partial charge is 0.0616 e. The lowest BCUT2D eigenvalue weighted by molar-refractivity contribution is 1.90. The molecule has 20 heavy (non-hydrogen) atoms. The lowest BCUT2D eigenvalue weighted by atomic mass is 10.0. The third-order valence-corrected chi connectivity index (χ3v) is 4.39. The van der Waals surface area contributed by atoms with Gasteiger partial charge in [0.05, 0.1) is 0 Å². The molecule has 92 valence electrons. The van der Waals surface area contributed by atoms with E-state index in [0.717, 1.165) is 0 Å². The van der Waals surface area contributed by atoms with Crippen molar-refractivity contribution in [2.45, 2.75) is 0 Å². The molecule has 0 radical (unpaired) electrons. The summed E-state index contributed by atoms with van der Waals surface area (Å²) in [6, 6.07) is 26.4. The fourth-order valence-electron chi connectivity index (χ4n) is 3.56. The Morgan fingerprint density at radius 1 is 0.350 bits per heavy atom. The van der Waals surface area contributed by atoms with Crippen LogP contribution in [0.3, 0.4) is 0 Å². The molecular formula is C20H12. The average molecular weight is 252 g/mol. The normalized spacial score (nSPS) is 12.0. The molecule has 0 unspecified atom stereocenters. The Balaban J connectivity index is 2.33. The van der Waals surface area contributed by atoms with Crippen LogP contribution in [0.4, 0.5) is 0 Å². The molecule has 0 fully saturated rings. The van der Waals surface area contributed by atoms with Gasteiger partial charge >= 0.3 is 0 Å². The Bertz CT molecular complexity index is 997. The van der Waals surface area contributed by atoms with Crippen molar-refractivity contribution in [3.8, 4) is 0 Å². The number of fused-ring (bicyclic) bond motifs is 2. The van der Waals surface area contributed by atoms with Crippen LogP contribution in [0.5, 0.6) is 0 Å². The first kappa shape index (κ1) is 10.2. The second kappa shape index (κ2) is 3.49. The van der Waals surface area contributed by atoms with Crippen molar-refractivity contribution in [3.63, 3.8) is 0 Å². The summed E-state index contributed by atoms with van der Waals surface area (Å²) in [5.74, 6) is 0. The smallest absolute Gasteiger partial charge is 0.00264 e. The van der Waals surface area contributed by atoms with Crippen LogP contribution in [-0.4, -0.2) is 0 Å². The molecule has 0 saturated heterocycles. The topological polar surface area (TPSA) is 0 Å². The van der Waals surface area contributed by atoms with E-state index < -0.39 is 0 Å². The molecule has 0 nitrogen and oxygen atoms in total. The number of hydrogen-bond donors (Lipinski definition) is 0. The van der Waals surface area contributed by atoms with E-state index in [0.29, 0.717) is 0 Å². The van der Waals surface area contributed by atoms with Crippen molar-refractivity contribution in [1.82, 2.24) is 0 Å². The van der Waals surface area contributed by atoms with Crippen LogP contribution in [-0.2, 0) is 0 Å². The molecule has 5 rings (SSSR count). The van der Waals surface area contributed by atoms with E-state index in [1.807, 2.05) is 0 Å². The van der Waals surface area contributed by atoms with E-state index >= 15 is 0 Å². The number of benzene rings is 1. The van der Waals surface area contributed by atoms with Crippen LogP contribution in [0.1, 0.15) is 0 Å². The van der Waals surface area contributed by atoms with Crippen molar-refractivity contribution in [3.05, 3.63) is 72.8 Å². The highest BCUT2D eigenvalue weighted by molar-refractivity contribution is 6.33. The van der Waals surface area contributed by atoms with Gasteiger partial charge in [-0.05, 0) is 43.1 Å². The summed E-state index contributed by atoms with van der Waals surface area (Å²) in [6.07, 6.45) is 0. The fourth-order valence-corrected chi connectivity index (χ4v) is 3.56. The van der Waals surface area contributed by atoms with Crippen LogP contribution >= 0.6 is 0 Å². The summed E-state index contributed by atoms with van der Waals surface area (Å²) in [4.78, 5) is 0. The van der Waals surface area contributed by atoms with E-state index in [4.69, 9.17) is 0 Å². The first-order valence-electron chi connectivity index (χ1n) is 6.98. The Labute approximate surface area is 116 Å². The van der Waals surface area contributed by atoms with Crippen LogP contribution in [0.25, 0.3) is 43.1 Å². The van der Waals surface area contributed by atoms with Crippen LogP contribution in [0, 0.1) is 0 Å². The second-order valence-electron chi connectivity index (χ2n) is 5.42. The van der Waals surface area contributed by atoms with E-state index in [2.05, 4.69) is 72.8 Å². The summed E-state index contributed by atoms with van der Waals surface area (Å²) >= 11 is 0. The molecule has 0 aromatic heterocycles. The SMILES string of the molecule is c1ccc2c3ccc4ccccc(c5ccc(c1)c25)c43. The van der Waals surface area contributed by atoms with Crippen molar-refractivity contribution in [2.24, 2.45) is 0 Å². The highest BCUT2D eigenvalue weighted by Crippen LogP contribution is 2.40. The quantitative estimate of drug-likeness (QED) is 0.330. The zero-order valence-electron chi connectivity index (χ0n) is 10.9. The van der Waals surface area contributed by atoms with Crippen LogP contribution < -0.4 is 0 Å². The molecule has 0 aliphatic rings. The monoisotopic (exact) mass is 252 g/mol. The Kier molecular flexibility index (Phi) is 1.78. The van der Waals surface area contributed by atoms with Crippen LogP contribution in [0.2, 0.25) is 0 Å². The fraction of sp³-hybridized carbons (Fsp3) is 0. The minimum absolute atomic E-state index is 1.33. The molecule has 0 saturated carbocycles. The second-order valence-corrected chi connectivity index (χ2v) is 5.42. The van der Waals surface area contributed by atoms with E-state index in [-0.39, 0.29) is 0 Å². The third kappa shape index (κ3) is 1.12. The maximum Gasteiger partial charge on any atom is -0.00264 e. The minimum Gasteiger partial charge on any atom is -0.0616 e. The van der Waals surface area contributed by atoms with Crippen molar-refractivity contribution in [1.29, 1.82) is 0 Å². The summed E-state index contributed by atoms with van der Waals surface area (Å²) in [6.45, 7) is 0. The van der Waals surface area contributed by atoms with Gasteiger partial charge < -0.3 is 0 Å². The van der Waals surface area contributed by atoms with Crippen molar-refractivity contribution < 1.29 is 0 Å². The molecule has 0 amide bonds. The highest BCUT2D eigenvalue weighted by atomic mass is 14.1. The van der Waals surface area contributed by atoms with Gasteiger partial charge in [-0.3, -0.25) is 0 Å². The van der Waals surface area contributed by atoms with Crippen molar-refractivity contribution >= 4 is 43.1 Å². The Morgan fingerprint density at radius 3 is 1.25 bits per heavy atom. The molecule has 0 heterocycles. The summed E-state index contributed by atoms with van der Waals surface area (Å²) in [5, 5.41) is 10.9.